The minimum Gasteiger partial charge on any atom is -0.329 e. The van der Waals surface area contributed by atoms with Gasteiger partial charge in [-0.1, -0.05) is 29.8 Å². The molecule has 1 aromatic heterocycles. The summed E-state index contributed by atoms with van der Waals surface area (Å²) in [6.07, 6.45) is 0. The quantitative estimate of drug-likeness (QED) is 0.570. The van der Waals surface area contributed by atoms with E-state index in [-0.39, 0.29) is 0 Å². The molecule has 0 saturated carbocycles. The molecule has 0 spiro atoms. The fourth-order valence-electron chi connectivity index (χ4n) is 2.32. The van der Waals surface area contributed by atoms with Crippen LogP contribution in [0.25, 0.3) is 10.9 Å². The lowest BCUT2D eigenvalue weighted by atomic mass is 10.1. The summed E-state index contributed by atoms with van der Waals surface area (Å²) in [5.41, 5.74) is 5.62. The average Bonchev–Trinajstić information content (AvgIpc) is 2.54. The van der Waals surface area contributed by atoms with Crippen LogP contribution >= 0.6 is 0 Å². The molecule has 106 valence electrons. The van der Waals surface area contributed by atoms with Gasteiger partial charge in [-0.3, -0.25) is 5.43 Å². The number of hydrogen-bond donors (Lipinski definition) is 2. The van der Waals surface area contributed by atoms with Crippen molar-refractivity contribution in [2.75, 3.05) is 17.4 Å². The van der Waals surface area contributed by atoms with Crippen molar-refractivity contribution in [3.63, 3.8) is 0 Å². The van der Waals surface area contributed by atoms with Gasteiger partial charge in [0, 0.05) is 18.1 Å². The van der Waals surface area contributed by atoms with Gasteiger partial charge in [-0.25, -0.2) is 10.8 Å². The molecule has 0 aliphatic carbocycles. The number of fused-ring (bicyclic) bond motifs is 1. The standard InChI is InChI=1S/C16H17N5/c1-11-8-9-14-13(10-11)15(19-16(18-14)20-17)21(2)12-6-4-3-5-7-12/h3-10H,17H2,1-2H3,(H,18,19,20). The van der Waals surface area contributed by atoms with E-state index in [4.69, 9.17) is 5.84 Å². The molecule has 0 saturated heterocycles. The first-order valence-corrected chi connectivity index (χ1v) is 6.73. The predicted molar refractivity (Wildman–Crippen MR) is 86.6 cm³/mol. The van der Waals surface area contributed by atoms with Crippen LogP contribution in [-0.2, 0) is 0 Å². The molecule has 1 heterocycles. The number of aromatic nitrogens is 2. The van der Waals surface area contributed by atoms with E-state index in [9.17, 15) is 0 Å². The zero-order valence-electron chi connectivity index (χ0n) is 12.0. The van der Waals surface area contributed by atoms with E-state index >= 15 is 0 Å². The van der Waals surface area contributed by atoms with E-state index in [0.717, 1.165) is 22.4 Å². The van der Waals surface area contributed by atoms with Gasteiger partial charge in [0.05, 0.1) is 5.52 Å². The topological polar surface area (TPSA) is 67.1 Å². The Hall–Kier alpha value is -2.66. The molecule has 0 radical (unpaired) electrons. The van der Waals surface area contributed by atoms with Crippen LogP contribution in [-0.4, -0.2) is 17.0 Å². The van der Waals surface area contributed by atoms with Crippen molar-refractivity contribution < 1.29 is 0 Å². The summed E-state index contributed by atoms with van der Waals surface area (Å²) in [6, 6.07) is 16.2. The summed E-state index contributed by atoms with van der Waals surface area (Å²) in [5, 5.41) is 1.00. The third-order valence-corrected chi connectivity index (χ3v) is 3.42. The van der Waals surface area contributed by atoms with Gasteiger partial charge in [-0.15, -0.1) is 0 Å². The fourth-order valence-corrected chi connectivity index (χ4v) is 2.32. The first kappa shape index (κ1) is 13.3. The lowest BCUT2D eigenvalue weighted by molar-refractivity contribution is 1.09. The lowest BCUT2D eigenvalue weighted by Gasteiger charge is -2.20. The minimum absolute atomic E-state index is 0.407. The van der Waals surface area contributed by atoms with Crippen LogP contribution in [0.15, 0.2) is 48.5 Å². The largest absolute Gasteiger partial charge is 0.329 e. The highest BCUT2D eigenvalue weighted by Crippen LogP contribution is 2.30. The van der Waals surface area contributed by atoms with Gasteiger partial charge in [-0.2, -0.15) is 4.98 Å². The summed E-state index contributed by atoms with van der Waals surface area (Å²) < 4.78 is 0. The first-order valence-electron chi connectivity index (χ1n) is 6.73. The number of anilines is 3. The summed E-state index contributed by atoms with van der Waals surface area (Å²) >= 11 is 0. The summed E-state index contributed by atoms with van der Waals surface area (Å²) in [4.78, 5) is 10.9. The molecule has 21 heavy (non-hydrogen) atoms. The smallest absolute Gasteiger partial charge is 0.239 e. The maximum Gasteiger partial charge on any atom is 0.239 e. The zero-order valence-corrected chi connectivity index (χ0v) is 12.0. The molecule has 0 unspecified atom stereocenters. The number of aryl methyl sites for hydroxylation is 1. The number of nitrogens with zero attached hydrogens (tertiary/aromatic N) is 3. The number of rotatable bonds is 3. The van der Waals surface area contributed by atoms with E-state index in [1.807, 2.05) is 54.4 Å². The highest BCUT2D eigenvalue weighted by molar-refractivity contribution is 5.92. The summed E-state index contributed by atoms with van der Waals surface area (Å²) in [5.74, 6) is 6.71. The molecule has 3 rings (SSSR count). The Morgan fingerprint density at radius 2 is 1.81 bits per heavy atom. The Balaban J connectivity index is 2.22. The second-order valence-electron chi connectivity index (χ2n) is 4.93. The maximum absolute atomic E-state index is 5.48. The highest BCUT2D eigenvalue weighted by atomic mass is 15.3. The van der Waals surface area contributed by atoms with Crippen LogP contribution in [0.4, 0.5) is 17.5 Å². The van der Waals surface area contributed by atoms with Gasteiger partial charge >= 0.3 is 0 Å². The van der Waals surface area contributed by atoms with Gasteiger partial charge in [0.15, 0.2) is 0 Å². The van der Waals surface area contributed by atoms with Crippen molar-refractivity contribution in [1.82, 2.24) is 9.97 Å². The van der Waals surface area contributed by atoms with Gasteiger partial charge < -0.3 is 4.90 Å². The molecule has 3 N–H and O–H groups in total. The average molecular weight is 279 g/mol. The molecular weight excluding hydrogens is 262 g/mol. The van der Waals surface area contributed by atoms with Crippen LogP contribution in [0.2, 0.25) is 0 Å². The van der Waals surface area contributed by atoms with Crippen molar-refractivity contribution in [2.24, 2.45) is 5.84 Å². The second-order valence-corrected chi connectivity index (χ2v) is 4.93. The number of nitrogens with two attached hydrogens (primary N) is 1. The Bertz CT molecular complexity index is 770. The van der Waals surface area contributed by atoms with Crippen LogP contribution in [0.5, 0.6) is 0 Å². The second kappa shape index (κ2) is 5.38. The number of hydrazine groups is 1. The molecule has 0 aliphatic rings. The monoisotopic (exact) mass is 279 g/mol. The molecule has 5 heteroatoms. The fraction of sp³-hybridized carbons (Fsp3) is 0.125. The van der Waals surface area contributed by atoms with E-state index in [1.165, 1.54) is 5.56 Å². The van der Waals surface area contributed by atoms with Gasteiger partial charge in [0.25, 0.3) is 0 Å². The van der Waals surface area contributed by atoms with Crippen molar-refractivity contribution >= 4 is 28.4 Å². The van der Waals surface area contributed by atoms with Crippen LogP contribution in [0, 0.1) is 6.92 Å². The number of hydrogen-bond acceptors (Lipinski definition) is 5. The molecular formula is C16H17N5. The first-order chi connectivity index (χ1) is 10.2. The number of nitrogens with one attached hydrogen (secondary N) is 1. The van der Waals surface area contributed by atoms with Crippen LogP contribution in [0.1, 0.15) is 5.56 Å². The Labute approximate surface area is 123 Å². The third-order valence-electron chi connectivity index (χ3n) is 3.42. The van der Waals surface area contributed by atoms with E-state index < -0.39 is 0 Å². The SMILES string of the molecule is Cc1ccc2nc(NN)nc(N(C)c3ccccc3)c2c1. The molecule has 0 fully saturated rings. The summed E-state index contributed by atoms with van der Waals surface area (Å²) in [6.45, 7) is 2.06. The van der Waals surface area contributed by atoms with Crippen LogP contribution in [0.3, 0.4) is 0 Å². The zero-order chi connectivity index (χ0) is 14.8. The minimum atomic E-state index is 0.407. The van der Waals surface area contributed by atoms with Gasteiger partial charge in [-0.05, 0) is 31.2 Å². The van der Waals surface area contributed by atoms with Gasteiger partial charge in [0.2, 0.25) is 5.95 Å². The van der Waals surface area contributed by atoms with Crippen LogP contribution < -0.4 is 16.2 Å². The molecule has 0 atom stereocenters. The Morgan fingerprint density at radius 1 is 1.05 bits per heavy atom. The third kappa shape index (κ3) is 2.51. The van der Waals surface area contributed by atoms with Crippen molar-refractivity contribution in [1.29, 1.82) is 0 Å². The number of nitrogen functional groups attached to an aromatic ring is 1. The molecule has 3 aromatic rings. The van der Waals surface area contributed by atoms with Gasteiger partial charge in [0.1, 0.15) is 5.82 Å². The van der Waals surface area contributed by atoms with E-state index in [1.54, 1.807) is 0 Å². The van der Waals surface area contributed by atoms with E-state index in [2.05, 4.69) is 28.4 Å². The van der Waals surface area contributed by atoms with E-state index in [0.29, 0.717) is 5.95 Å². The highest BCUT2D eigenvalue weighted by Gasteiger charge is 2.12. The molecule has 0 bridgehead atoms. The van der Waals surface area contributed by atoms with Crippen molar-refractivity contribution in [3.05, 3.63) is 54.1 Å². The normalized spacial score (nSPS) is 10.6. The molecule has 0 amide bonds. The molecule has 0 aliphatic heterocycles. The maximum atomic E-state index is 5.48. The lowest BCUT2D eigenvalue weighted by Crippen LogP contribution is -2.16. The number of benzene rings is 2. The Kier molecular flexibility index (Phi) is 3.41. The summed E-state index contributed by atoms with van der Waals surface area (Å²) in [7, 11) is 1.99. The number of para-hydroxylation sites is 1. The molecule has 5 nitrogen and oxygen atoms in total. The Morgan fingerprint density at radius 3 is 2.52 bits per heavy atom. The van der Waals surface area contributed by atoms with Crippen molar-refractivity contribution in [2.45, 2.75) is 6.92 Å². The van der Waals surface area contributed by atoms with Crippen molar-refractivity contribution in [3.8, 4) is 0 Å². The molecule has 2 aromatic carbocycles. The predicted octanol–water partition coefficient (Wildman–Crippen LogP) is 2.99.